The van der Waals surface area contributed by atoms with E-state index in [1.165, 1.54) is 12.8 Å². The highest BCUT2D eigenvalue weighted by molar-refractivity contribution is 6.06. The van der Waals surface area contributed by atoms with Crippen molar-refractivity contribution in [3.63, 3.8) is 0 Å². The van der Waals surface area contributed by atoms with Crippen LogP contribution in [0.4, 0.5) is 17.4 Å². The number of fused-ring (bicyclic) bond motifs is 1. The van der Waals surface area contributed by atoms with Crippen molar-refractivity contribution < 1.29 is 13.6 Å². The number of H-pyrrole nitrogens is 1. The van der Waals surface area contributed by atoms with Gasteiger partial charge in [0, 0.05) is 38.4 Å². The Labute approximate surface area is 197 Å². The van der Waals surface area contributed by atoms with E-state index in [2.05, 4.69) is 25.3 Å². The number of piperidine rings is 2. The van der Waals surface area contributed by atoms with Gasteiger partial charge in [-0.2, -0.15) is 10.1 Å². The van der Waals surface area contributed by atoms with Crippen LogP contribution in [0, 0.1) is 0 Å². The number of aromatic nitrogens is 3. The van der Waals surface area contributed by atoms with Crippen LogP contribution in [0.15, 0.2) is 45.4 Å². The van der Waals surface area contributed by atoms with Gasteiger partial charge in [0.25, 0.3) is 11.9 Å². The number of aromatic amines is 1. The number of furan rings is 1. The van der Waals surface area contributed by atoms with Gasteiger partial charge in [-0.1, -0.05) is 0 Å². The molecule has 5 heterocycles. The second-order valence-corrected chi connectivity index (χ2v) is 9.01. The molecule has 1 amide bonds. The molecule has 0 radical (unpaired) electrons. The van der Waals surface area contributed by atoms with Crippen molar-refractivity contribution in [2.45, 2.75) is 38.5 Å². The topological polar surface area (TPSA) is 103 Å². The molecule has 0 unspecified atom stereocenters. The van der Waals surface area contributed by atoms with Crippen LogP contribution in [0.3, 0.4) is 0 Å². The normalized spacial score (nSPS) is 16.8. The summed E-state index contributed by atoms with van der Waals surface area (Å²) in [6, 6.07) is 9.83. The molecule has 2 saturated heterocycles. The Bertz CT molecular complexity index is 1280. The summed E-state index contributed by atoms with van der Waals surface area (Å²) in [5.41, 5.74) is 3.82. The summed E-state index contributed by atoms with van der Waals surface area (Å²) in [6.45, 7) is 3.84. The van der Waals surface area contributed by atoms with Gasteiger partial charge in [-0.15, -0.1) is 0 Å². The average molecular weight is 461 g/mol. The largest absolute Gasteiger partial charge is 0.449 e. The second-order valence-electron chi connectivity index (χ2n) is 9.01. The summed E-state index contributed by atoms with van der Waals surface area (Å²) >= 11 is 0. The number of carbonyl (C=O) groups excluding carboxylic acids is 1. The maximum atomic E-state index is 13.1. The monoisotopic (exact) mass is 460 g/mol. The average Bonchev–Trinajstić information content (AvgIpc) is 3.65. The first-order valence-corrected chi connectivity index (χ1v) is 12.1. The molecule has 6 rings (SSSR count). The molecular formula is C25H28N6O3. The summed E-state index contributed by atoms with van der Waals surface area (Å²) in [6.07, 6.45) is 8.77. The molecule has 3 aromatic heterocycles. The van der Waals surface area contributed by atoms with Crippen molar-refractivity contribution in [2.75, 3.05) is 41.3 Å². The SMILES string of the molecule is O=C(Nc1cc2oc(N3CCCCC3)nc2cc1N1CCCCC1)c1ccc(-c2cc[nH]n2)o1. The van der Waals surface area contributed by atoms with Crippen molar-refractivity contribution in [1.82, 2.24) is 15.2 Å². The zero-order valence-electron chi connectivity index (χ0n) is 19.0. The standard InChI is InChI=1S/C25H28N6O3/c32-24(22-8-7-21(33-22)17-9-10-26-29-17)27-18-16-23-19(15-20(18)30-11-3-1-4-12-30)28-25(34-23)31-13-5-2-6-14-31/h7-10,15-16H,1-6,11-14H2,(H,26,29)(H,27,32). The fraction of sp³-hybridized carbons (Fsp3) is 0.400. The lowest BCUT2D eigenvalue weighted by Crippen LogP contribution is -2.30. The van der Waals surface area contributed by atoms with E-state index in [9.17, 15) is 4.79 Å². The van der Waals surface area contributed by atoms with Crippen LogP contribution < -0.4 is 15.1 Å². The van der Waals surface area contributed by atoms with Crippen LogP contribution in [-0.4, -0.2) is 47.3 Å². The molecule has 2 N–H and O–H groups in total. The Hall–Kier alpha value is -3.75. The molecule has 2 aliphatic rings. The van der Waals surface area contributed by atoms with Crippen molar-refractivity contribution >= 4 is 34.4 Å². The summed E-state index contributed by atoms with van der Waals surface area (Å²) in [5.74, 6) is 0.462. The van der Waals surface area contributed by atoms with Crippen molar-refractivity contribution in [3.05, 3.63) is 42.3 Å². The number of anilines is 3. The van der Waals surface area contributed by atoms with E-state index in [0.29, 0.717) is 28.7 Å². The smallest absolute Gasteiger partial charge is 0.298 e. The highest BCUT2D eigenvalue weighted by Gasteiger charge is 2.23. The summed E-state index contributed by atoms with van der Waals surface area (Å²) in [4.78, 5) is 22.4. The fourth-order valence-corrected chi connectivity index (χ4v) is 4.85. The van der Waals surface area contributed by atoms with Gasteiger partial charge < -0.3 is 24.0 Å². The number of hydrogen-bond acceptors (Lipinski definition) is 7. The predicted molar refractivity (Wildman–Crippen MR) is 130 cm³/mol. The van der Waals surface area contributed by atoms with Gasteiger partial charge in [-0.05, 0) is 62.8 Å². The van der Waals surface area contributed by atoms with Crippen LogP contribution >= 0.6 is 0 Å². The van der Waals surface area contributed by atoms with E-state index in [4.69, 9.17) is 13.8 Å². The first-order valence-electron chi connectivity index (χ1n) is 12.1. The molecule has 0 aliphatic carbocycles. The number of oxazole rings is 1. The van der Waals surface area contributed by atoms with E-state index < -0.39 is 0 Å². The Balaban J connectivity index is 1.32. The van der Waals surface area contributed by atoms with Crippen molar-refractivity contribution in [1.29, 1.82) is 0 Å². The molecule has 0 atom stereocenters. The van der Waals surface area contributed by atoms with Gasteiger partial charge in [-0.25, -0.2) is 0 Å². The van der Waals surface area contributed by atoms with Gasteiger partial charge in [0.1, 0.15) is 11.2 Å². The molecule has 0 spiro atoms. The first kappa shape index (κ1) is 20.8. The maximum absolute atomic E-state index is 13.1. The quantitative estimate of drug-likeness (QED) is 0.430. The number of amides is 1. The molecule has 9 nitrogen and oxygen atoms in total. The van der Waals surface area contributed by atoms with Gasteiger partial charge >= 0.3 is 0 Å². The maximum Gasteiger partial charge on any atom is 0.298 e. The molecule has 2 fully saturated rings. The molecule has 0 bridgehead atoms. The number of carbonyl (C=O) groups is 1. The van der Waals surface area contributed by atoms with Crippen molar-refractivity contribution in [3.8, 4) is 11.5 Å². The van der Waals surface area contributed by atoms with Crippen LogP contribution in [0.5, 0.6) is 0 Å². The third-order valence-corrected chi connectivity index (χ3v) is 6.65. The highest BCUT2D eigenvalue weighted by Crippen LogP contribution is 2.36. The van der Waals surface area contributed by atoms with Gasteiger partial charge in [0.15, 0.2) is 17.1 Å². The second kappa shape index (κ2) is 8.89. The molecule has 176 valence electrons. The van der Waals surface area contributed by atoms with Crippen LogP contribution in [0.1, 0.15) is 49.1 Å². The predicted octanol–water partition coefficient (Wildman–Crippen LogP) is 5.04. The molecule has 2 aliphatic heterocycles. The van der Waals surface area contributed by atoms with E-state index in [0.717, 1.165) is 63.1 Å². The minimum atomic E-state index is -0.310. The highest BCUT2D eigenvalue weighted by atomic mass is 16.4. The van der Waals surface area contributed by atoms with Gasteiger partial charge in [-0.3, -0.25) is 9.89 Å². The number of benzene rings is 1. The van der Waals surface area contributed by atoms with E-state index in [-0.39, 0.29) is 11.7 Å². The summed E-state index contributed by atoms with van der Waals surface area (Å²) in [7, 11) is 0. The van der Waals surface area contributed by atoms with Gasteiger partial charge in [0.2, 0.25) is 0 Å². The lowest BCUT2D eigenvalue weighted by Gasteiger charge is -2.30. The minimum absolute atomic E-state index is 0.231. The van der Waals surface area contributed by atoms with Crippen LogP contribution in [-0.2, 0) is 0 Å². The number of rotatable bonds is 5. The molecule has 0 saturated carbocycles. The van der Waals surface area contributed by atoms with E-state index >= 15 is 0 Å². The van der Waals surface area contributed by atoms with Crippen LogP contribution in [0.25, 0.3) is 22.6 Å². The zero-order valence-corrected chi connectivity index (χ0v) is 19.0. The van der Waals surface area contributed by atoms with Crippen LogP contribution in [0.2, 0.25) is 0 Å². The fourth-order valence-electron chi connectivity index (χ4n) is 4.85. The Morgan fingerprint density at radius 2 is 1.68 bits per heavy atom. The number of hydrogen-bond donors (Lipinski definition) is 2. The lowest BCUT2D eigenvalue weighted by atomic mass is 10.1. The zero-order chi connectivity index (χ0) is 22.9. The summed E-state index contributed by atoms with van der Waals surface area (Å²) in [5, 5.41) is 9.93. The van der Waals surface area contributed by atoms with E-state index in [1.54, 1.807) is 24.4 Å². The molecule has 1 aromatic carbocycles. The number of nitrogens with zero attached hydrogens (tertiary/aromatic N) is 4. The minimum Gasteiger partial charge on any atom is -0.449 e. The molecular weight excluding hydrogens is 432 g/mol. The molecule has 9 heteroatoms. The molecule has 34 heavy (non-hydrogen) atoms. The number of nitrogens with one attached hydrogen (secondary N) is 2. The Morgan fingerprint density at radius 3 is 2.41 bits per heavy atom. The van der Waals surface area contributed by atoms with Crippen molar-refractivity contribution in [2.24, 2.45) is 0 Å². The summed E-state index contributed by atoms with van der Waals surface area (Å²) < 4.78 is 11.9. The Morgan fingerprint density at radius 1 is 0.912 bits per heavy atom. The molecule has 4 aromatic rings. The Kier molecular flexibility index (Phi) is 5.44. The third-order valence-electron chi connectivity index (χ3n) is 6.65. The lowest BCUT2D eigenvalue weighted by molar-refractivity contribution is 0.0997. The van der Waals surface area contributed by atoms with Gasteiger partial charge in [0.05, 0.1) is 11.4 Å². The third kappa shape index (κ3) is 4.02. The van der Waals surface area contributed by atoms with E-state index in [1.807, 2.05) is 12.1 Å². The first-order chi connectivity index (χ1) is 16.7.